The lowest BCUT2D eigenvalue weighted by atomic mass is 10.1. The Morgan fingerprint density at radius 3 is 2.71 bits per heavy atom. The van der Waals surface area contributed by atoms with Crippen LogP contribution in [0.4, 0.5) is 0 Å². The van der Waals surface area contributed by atoms with Gasteiger partial charge in [-0.05, 0) is 44.4 Å². The van der Waals surface area contributed by atoms with E-state index in [4.69, 9.17) is 11.6 Å². The van der Waals surface area contributed by atoms with Crippen molar-refractivity contribution in [1.29, 1.82) is 0 Å². The number of halogens is 2. The quantitative estimate of drug-likeness (QED) is 0.891. The van der Waals surface area contributed by atoms with Gasteiger partial charge in [0.05, 0.1) is 5.02 Å². The molecule has 1 aromatic rings. The number of fused-ring (bicyclic) bond motifs is 2. The molecule has 0 aliphatic carbocycles. The van der Waals surface area contributed by atoms with Gasteiger partial charge in [-0.15, -0.1) is 12.4 Å². The number of aryl methyl sites for hydroxylation is 1. The Morgan fingerprint density at radius 2 is 1.95 bits per heavy atom. The highest BCUT2D eigenvalue weighted by atomic mass is 35.5. The van der Waals surface area contributed by atoms with Crippen LogP contribution in [0.3, 0.4) is 0 Å². The third-order valence-electron chi connectivity index (χ3n) is 4.30. The molecule has 2 aliphatic heterocycles. The van der Waals surface area contributed by atoms with Crippen molar-refractivity contribution in [3.05, 3.63) is 28.8 Å². The lowest BCUT2D eigenvalue weighted by Crippen LogP contribution is -2.42. The smallest absolute Gasteiger partial charge is 0.245 e. The predicted molar refractivity (Wildman–Crippen MR) is 86.8 cm³/mol. The minimum Gasteiger partial charge on any atom is -0.315 e. The molecule has 0 radical (unpaired) electrons. The molecule has 1 aromatic carbocycles. The molecule has 21 heavy (non-hydrogen) atoms. The zero-order valence-electron chi connectivity index (χ0n) is 11.9. The molecule has 2 bridgehead atoms. The van der Waals surface area contributed by atoms with Crippen LogP contribution in [0.1, 0.15) is 24.8 Å². The minimum atomic E-state index is -3.51. The molecule has 0 aromatic heterocycles. The second kappa shape index (κ2) is 6.42. The summed E-state index contributed by atoms with van der Waals surface area (Å²) in [5, 5.41) is 3.67. The standard InChI is InChI=1S/C14H19ClN2O2S.ClH/c1-10-3-2-4-13(14(10)15)20(18,19)17-11-5-6-12(17)9-16-8-7-11;/h2-4,11-12,16H,5-9H2,1H3;1H. The van der Waals surface area contributed by atoms with Crippen LogP contribution in [-0.2, 0) is 10.0 Å². The van der Waals surface area contributed by atoms with Crippen LogP contribution in [0.25, 0.3) is 0 Å². The van der Waals surface area contributed by atoms with E-state index in [1.54, 1.807) is 16.4 Å². The van der Waals surface area contributed by atoms with Crippen LogP contribution in [0.5, 0.6) is 0 Å². The van der Waals surface area contributed by atoms with Crippen molar-refractivity contribution in [2.24, 2.45) is 0 Å². The van der Waals surface area contributed by atoms with Gasteiger partial charge >= 0.3 is 0 Å². The lowest BCUT2D eigenvalue weighted by molar-refractivity contribution is 0.334. The van der Waals surface area contributed by atoms with Gasteiger partial charge in [0.15, 0.2) is 0 Å². The van der Waals surface area contributed by atoms with Gasteiger partial charge in [-0.25, -0.2) is 8.42 Å². The van der Waals surface area contributed by atoms with Gasteiger partial charge in [0.1, 0.15) is 4.90 Å². The molecule has 2 fully saturated rings. The maximum absolute atomic E-state index is 13.0. The highest BCUT2D eigenvalue weighted by molar-refractivity contribution is 7.89. The van der Waals surface area contributed by atoms with Crippen LogP contribution >= 0.6 is 24.0 Å². The zero-order chi connectivity index (χ0) is 14.3. The molecule has 118 valence electrons. The first-order valence-electron chi connectivity index (χ1n) is 7.01. The van der Waals surface area contributed by atoms with Crippen molar-refractivity contribution >= 4 is 34.0 Å². The topological polar surface area (TPSA) is 49.4 Å². The SMILES string of the molecule is Cc1cccc(S(=O)(=O)N2C3CCNCC2CC3)c1Cl.Cl. The molecule has 7 heteroatoms. The fourth-order valence-corrected chi connectivity index (χ4v) is 5.72. The van der Waals surface area contributed by atoms with E-state index in [1.165, 1.54) is 0 Å². The summed E-state index contributed by atoms with van der Waals surface area (Å²) in [7, 11) is -3.51. The molecule has 0 amide bonds. The molecule has 2 saturated heterocycles. The number of sulfonamides is 1. The molecule has 0 saturated carbocycles. The van der Waals surface area contributed by atoms with Crippen LogP contribution in [0.15, 0.2) is 23.1 Å². The second-order valence-corrected chi connectivity index (χ2v) is 7.79. The van der Waals surface area contributed by atoms with Gasteiger partial charge < -0.3 is 5.32 Å². The molecule has 2 unspecified atom stereocenters. The molecule has 1 N–H and O–H groups in total. The first kappa shape index (κ1) is 17.0. The summed E-state index contributed by atoms with van der Waals surface area (Å²) in [5.41, 5.74) is 0.799. The number of nitrogens with zero attached hydrogens (tertiary/aromatic N) is 1. The molecule has 2 atom stereocenters. The van der Waals surface area contributed by atoms with Gasteiger partial charge in [-0.1, -0.05) is 23.7 Å². The molecule has 3 rings (SSSR count). The van der Waals surface area contributed by atoms with E-state index in [0.29, 0.717) is 5.02 Å². The van der Waals surface area contributed by atoms with Crippen molar-refractivity contribution in [3.63, 3.8) is 0 Å². The van der Waals surface area contributed by atoms with E-state index in [-0.39, 0.29) is 29.4 Å². The van der Waals surface area contributed by atoms with Crippen molar-refractivity contribution < 1.29 is 8.42 Å². The summed E-state index contributed by atoms with van der Waals surface area (Å²) in [5.74, 6) is 0. The Balaban J connectivity index is 0.00000161. The van der Waals surface area contributed by atoms with Crippen molar-refractivity contribution in [3.8, 4) is 0 Å². The number of hydrogen-bond acceptors (Lipinski definition) is 3. The molecular weight excluding hydrogens is 331 g/mol. The van der Waals surface area contributed by atoms with E-state index < -0.39 is 10.0 Å². The van der Waals surface area contributed by atoms with Crippen molar-refractivity contribution in [2.75, 3.05) is 13.1 Å². The highest BCUT2D eigenvalue weighted by Crippen LogP contribution is 2.36. The Bertz CT molecular complexity index is 607. The first-order chi connectivity index (χ1) is 9.51. The summed E-state index contributed by atoms with van der Waals surface area (Å²) in [4.78, 5) is 0.248. The predicted octanol–water partition coefficient (Wildman–Crippen LogP) is 2.59. The monoisotopic (exact) mass is 350 g/mol. The summed E-state index contributed by atoms with van der Waals surface area (Å²) < 4.78 is 27.7. The van der Waals surface area contributed by atoms with Crippen molar-refractivity contribution in [1.82, 2.24) is 9.62 Å². The van der Waals surface area contributed by atoms with Crippen molar-refractivity contribution in [2.45, 2.75) is 43.2 Å². The molecule has 0 spiro atoms. The third-order valence-corrected chi connectivity index (χ3v) is 6.96. The number of benzene rings is 1. The zero-order valence-corrected chi connectivity index (χ0v) is 14.3. The van der Waals surface area contributed by atoms with Crippen LogP contribution < -0.4 is 5.32 Å². The second-order valence-electron chi connectivity index (χ2n) is 5.60. The Labute approximate surface area is 137 Å². The lowest BCUT2D eigenvalue weighted by Gasteiger charge is -2.27. The van der Waals surface area contributed by atoms with Gasteiger partial charge in [0, 0.05) is 18.6 Å². The van der Waals surface area contributed by atoms with E-state index >= 15 is 0 Å². The fourth-order valence-electron chi connectivity index (χ4n) is 3.26. The average Bonchev–Trinajstić information content (AvgIpc) is 2.66. The van der Waals surface area contributed by atoms with E-state index in [9.17, 15) is 8.42 Å². The largest absolute Gasteiger partial charge is 0.315 e. The normalized spacial score (nSPS) is 26.2. The molecule has 2 heterocycles. The fraction of sp³-hybridized carbons (Fsp3) is 0.571. The summed E-state index contributed by atoms with van der Waals surface area (Å²) >= 11 is 6.23. The van der Waals surface area contributed by atoms with Crippen LogP contribution in [0, 0.1) is 6.92 Å². The number of rotatable bonds is 2. The molecular formula is C14H20Cl2N2O2S. The third kappa shape index (κ3) is 2.94. The van der Waals surface area contributed by atoms with Crippen LogP contribution in [-0.4, -0.2) is 37.9 Å². The highest BCUT2D eigenvalue weighted by Gasteiger charge is 2.43. The Hall–Kier alpha value is -0.330. The van der Waals surface area contributed by atoms with E-state index in [2.05, 4.69) is 5.32 Å². The van der Waals surface area contributed by atoms with E-state index in [1.807, 2.05) is 13.0 Å². The first-order valence-corrected chi connectivity index (χ1v) is 8.83. The number of nitrogens with one attached hydrogen (secondary N) is 1. The minimum absolute atomic E-state index is 0. The summed E-state index contributed by atoms with van der Waals surface area (Å²) in [6, 6.07) is 5.37. The number of hydrogen-bond donors (Lipinski definition) is 1. The van der Waals surface area contributed by atoms with Gasteiger partial charge in [-0.2, -0.15) is 4.31 Å². The molecule has 2 aliphatic rings. The summed E-state index contributed by atoms with van der Waals surface area (Å²) in [6.45, 7) is 3.45. The Morgan fingerprint density at radius 1 is 1.24 bits per heavy atom. The van der Waals surface area contributed by atoms with E-state index in [0.717, 1.165) is 37.9 Å². The maximum Gasteiger partial charge on any atom is 0.245 e. The summed E-state index contributed by atoms with van der Waals surface area (Å²) in [6.07, 6.45) is 2.76. The maximum atomic E-state index is 13.0. The average molecular weight is 351 g/mol. The van der Waals surface area contributed by atoms with Gasteiger partial charge in [0.2, 0.25) is 10.0 Å². The molecule has 4 nitrogen and oxygen atoms in total. The van der Waals surface area contributed by atoms with Gasteiger partial charge in [-0.3, -0.25) is 0 Å². The van der Waals surface area contributed by atoms with Crippen LogP contribution in [0.2, 0.25) is 5.02 Å². The van der Waals surface area contributed by atoms with Gasteiger partial charge in [0.25, 0.3) is 0 Å². The Kier molecular flexibility index (Phi) is 5.21.